The lowest BCUT2D eigenvalue weighted by molar-refractivity contribution is -0.130. The van der Waals surface area contributed by atoms with Crippen molar-refractivity contribution in [2.24, 2.45) is 0 Å². The monoisotopic (exact) mass is 419 g/mol. The summed E-state index contributed by atoms with van der Waals surface area (Å²) in [5.74, 6) is -0.427. The van der Waals surface area contributed by atoms with Crippen LogP contribution in [0.3, 0.4) is 0 Å². The molecule has 4 rings (SSSR count). The molecule has 1 N–H and O–H groups in total. The summed E-state index contributed by atoms with van der Waals surface area (Å²) in [4.78, 5) is 30.6. The zero-order valence-electron chi connectivity index (χ0n) is 17.1. The highest BCUT2D eigenvalue weighted by Gasteiger charge is 2.13. The molecule has 2 aromatic carbocycles. The van der Waals surface area contributed by atoms with Crippen molar-refractivity contribution in [1.82, 2.24) is 24.6 Å². The first-order chi connectivity index (χ1) is 15.0. The lowest BCUT2D eigenvalue weighted by Gasteiger charge is -2.18. The molecule has 2 heterocycles. The fraction of sp³-hybridized carbons (Fsp3) is 0.217. The molecule has 1 amide bonds. The molecule has 0 saturated carbocycles. The van der Waals surface area contributed by atoms with Crippen LogP contribution in [-0.4, -0.2) is 44.1 Å². The maximum atomic E-state index is 13.1. The summed E-state index contributed by atoms with van der Waals surface area (Å²) < 4.78 is 14.5. The third-order valence-electron chi connectivity index (χ3n) is 5.18. The maximum absolute atomic E-state index is 13.1. The Labute approximate surface area is 178 Å². The minimum atomic E-state index is -0.300. The number of halogens is 1. The molecular weight excluding hydrogens is 397 g/mol. The molecule has 7 nitrogen and oxygen atoms in total. The second-order valence-corrected chi connectivity index (χ2v) is 7.38. The first-order valence-corrected chi connectivity index (χ1v) is 10.00. The normalized spacial score (nSPS) is 11.0. The van der Waals surface area contributed by atoms with Crippen LogP contribution in [0.2, 0.25) is 0 Å². The first-order valence-electron chi connectivity index (χ1n) is 10.00. The number of benzene rings is 2. The molecule has 8 heteroatoms. The van der Waals surface area contributed by atoms with E-state index in [9.17, 15) is 14.0 Å². The first kappa shape index (κ1) is 20.5. The van der Waals surface area contributed by atoms with Crippen LogP contribution in [0.4, 0.5) is 4.39 Å². The average molecular weight is 419 g/mol. The number of para-hydroxylation sites is 2. The number of nitrogens with one attached hydrogen (secondary N) is 1. The van der Waals surface area contributed by atoms with Crippen molar-refractivity contribution < 1.29 is 9.18 Å². The number of carbonyl (C=O) groups excluding carboxylic acids is 1. The van der Waals surface area contributed by atoms with E-state index < -0.39 is 0 Å². The number of aryl methyl sites for hydroxylation is 1. The molecule has 31 heavy (non-hydrogen) atoms. The third kappa shape index (κ3) is 4.69. The number of hydrogen-bond acceptors (Lipinski definition) is 4. The molecule has 158 valence electrons. The number of fused-ring (bicyclic) bond motifs is 1. The van der Waals surface area contributed by atoms with E-state index in [0.29, 0.717) is 24.0 Å². The van der Waals surface area contributed by atoms with Gasteiger partial charge in [0.15, 0.2) is 0 Å². The van der Waals surface area contributed by atoms with E-state index in [1.54, 1.807) is 30.1 Å². The van der Waals surface area contributed by atoms with Gasteiger partial charge in [-0.2, -0.15) is 5.10 Å². The smallest absolute Gasteiger partial charge is 0.269 e. The molecule has 0 spiro atoms. The van der Waals surface area contributed by atoms with Crippen LogP contribution >= 0.6 is 0 Å². The molecule has 0 atom stereocenters. The fourth-order valence-electron chi connectivity index (χ4n) is 3.42. The van der Waals surface area contributed by atoms with Gasteiger partial charge in [-0.05, 0) is 55.3 Å². The number of nitrogens with zero attached hydrogens (tertiary/aromatic N) is 4. The van der Waals surface area contributed by atoms with E-state index >= 15 is 0 Å². The Bertz CT molecular complexity index is 1260. The summed E-state index contributed by atoms with van der Waals surface area (Å²) in [6.45, 7) is 0.513. The largest absolute Gasteiger partial charge is 0.344 e. The Hall–Kier alpha value is -3.81. The lowest BCUT2D eigenvalue weighted by atomic mass is 10.1. The van der Waals surface area contributed by atoms with E-state index in [-0.39, 0.29) is 23.8 Å². The van der Waals surface area contributed by atoms with Crippen LogP contribution in [0.25, 0.3) is 22.3 Å². The summed E-state index contributed by atoms with van der Waals surface area (Å²) >= 11 is 0. The number of likely N-dealkylation sites (N-methyl/N-ethyl adjacent to an activating group) is 1. The quantitative estimate of drug-likeness (QED) is 0.499. The van der Waals surface area contributed by atoms with E-state index in [1.807, 2.05) is 24.3 Å². The molecule has 0 radical (unpaired) electrons. The highest BCUT2D eigenvalue weighted by molar-refractivity contribution is 5.79. The highest BCUT2D eigenvalue weighted by Crippen LogP contribution is 2.18. The van der Waals surface area contributed by atoms with Crippen LogP contribution < -0.4 is 5.56 Å². The van der Waals surface area contributed by atoms with Gasteiger partial charge in [0.1, 0.15) is 12.4 Å². The van der Waals surface area contributed by atoms with Crippen molar-refractivity contribution in [3.8, 4) is 11.3 Å². The topological polar surface area (TPSA) is 83.9 Å². The predicted molar refractivity (Wildman–Crippen MR) is 116 cm³/mol. The summed E-state index contributed by atoms with van der Waals surface area (Å²) in [5, 5.41) is 7.26. The minimum Gasteiger partial charge on any atom is -0.344 e. The third-order valence-corrected chi connectivity index (χ3v) is 5.18. The van der Waals surface area contributed by atoms with Crippen LogP contribution in [0.1, 0.15) is 12.1 Å². The standard InChI is InChI=1S/C23H22FN5O2/c1-28(23(31)15-29-21-7-3-2-6-19(21)25-14-22(29)30)12-4-5-18-13-20(27-26-18)16-8-10-17(24)11-9-16/h2-3,6-11,13-14H,4-5,12,15H2,1H3,(H,26,27). The molecule has 0 bridgehead atoms. The molecule has 0 aliphatic heterocycles. The summed E-state index contributed by atoms with van der Waals surface area (Å²) in [5.41, 5.74) is 3.55. The number of aromatic nitrogens is 4. The van der Waals surface area contributed by atoms with Crippen LogP contribution in [0.15, 0.2) is 65.6 Å². The van der Waals surface area contributed by atoms with E-state index in [2.05, 4.69) is 15.2 Å². The average Bonchev–Trinajstić information content (AvgIpc) is 3.25. The van der Waals surface area contributed by atoms with Gasteiger partial charge in [0.25, 0.3) is 5.56 Å². The zero-order chi connectivity index (χ0) is 21.8. The Morgan fingerprint density at radius 2 is 1.94 bits per heavy atom. The van der Waals surface area contributed by atoms with Crippen molar-refractivity contribution in [3.63, 3.8) is 0 Å². The zero-order valence-corrected chi connectivity index (χ0v) is 17.1. The second kappa shape index (κ2) is 8.91. The summed E-state index contributed by atoms with van der Waals surface area (Å²) in [6.07, 6.45) is 2.69. The van der Waals surface area contributed by atoms with Crippen LogP contribution in [0, 0.1) is 5.82 Å². The number of amides is 1. The summed E-state index contributed by atoms with van der Waals surface area (Å²) in [7, 11) is 1.73. The van der Waals surface area contributed by atoms with Gasteiger partial charge < -0.3 is 4.90 Å². The SMILES string of the molecule is CN(CCCc1cc(-c2ccc(F)cc2)n[nH]1)C(=O)Cn1c(=O)cnc2ccccc21. The van der Waals surface area contributed by atoms with Crippen molar-refractivity contribution in [1.29, 1.82) is 0 Å². The van der Waals surface area contributed by atoms with Gasteiger partial charge in [0.2, 0.25) is 5.91 Å². The molecule has 4 aromatic rings. The number of H-pyrrole nitrogens is 1. The molecule has 0 fully saturated rings. The summed E-state index contributed by atoms with van der Waals surface area (Å²) in [6, 6.07) is 15.4. The van der Waals surface area contributed by atoms with Crippen molar-refractivity contribution >= 4 is 16.9 Å². The highest BCUT2D eigenvalue weighted by atomic mass is 19.1. The molecule has 0 aliphatic rings. The Balaban J connectivity index is 1.34. The van der Waals surface area contributed by atoms with Gasteiger partial charge >= 0.3 is 0 Å². The van der Waals surface area contributed by atoms with Gasteiger partial charge in [-0.15, -0.1) is 0 Å². The molecular formula is C23H22FN5O2. The van der Waals surface area contributed by atoms with Gasteiger partial charge in [0.05, 0.1) is 22.9 Å². The number of rotatable bonds is 7. The Morgan fingerprint density at radius 3 is 2.74 bits per heavy atom. The van der Waals surface area contributed by atoms with Crippen molar-refractivity contribution in [3.05, 3.63) is 82.7 Å². The van der Waals surface area contributed by atoms with Gasteiger partial charge in [-0.1, -0.05) is 12.1 Å². The van der Waals surface area contributed by atoms with Gasteiger partial charge in [-0.3, -0.25) is 19.3 Å². The van der Waals surface area contributed by atoms with Gasteiger partial charge in [0, 0.05) is 24.8 Å². The number of carbonyl (C=O) groups is 1. The lowest BCUT2D eigenvalue weighted by Crippen LogP contribution is -2.34. The van der Waals surface area contributed by atoms with Crippen LogP contribution in [-0.2, 0) is 17.8 Å². The van der Waals surface area contributed by atoms with E-state index in [1.165, 1.54) is 22.9 Å². The molecule has 2 aromatic heterocycles. The van der Waals surface area contributed by atoms with Crippen molar-refractivity contribution in [2.75, 3.05) is 13.6 Å². The predicted octanol–water partition coefficient (Wildman–Crippen LogP) is 3.02. The number of aromatic amines is 1. The fourth-order valence-corrected chi connectivity index (χ4v) is 3.42. The minimum absolute atomic E-state index is 0.0306. The Morgan fingerprint density at radius 1 is 1.16 bits per heavy atom. The van der Waals surface area contributed by atoms with Gasteiger partial charge in [-0.25, -0.2) is 9.37 Å². The molecule has 0 unspecified atom stereocenters. The van der Waals surface area contributed by atoms with E-state index in [0.717, 1.165) is 23.4 Å². The molecule has 0 aliphatic carbocycles. The second-order valence-electron chi connectivity index (χ2n) is 7.38. The van der Waals surface area contributed by atoms with Crippen LogP contribution in [0.5, 0.6) is 0 Å². The maximum Gasteiger partial charge on any atom is 0.269 e. The molecule has 0 saturated heterocycles. The van der Waals surface area contributed by atoms with E-state index in [4.69, 9.17) is 0 Å². The Kier molecular flexibility index (Phi) is 5.88. The number of hydrogen-bond donors (Lipinski definition) is 1. The van der Waals surface area contributed by atoms with Crippen molar-refractivity contribution in [2.45, 2.75) is 19.4 Å².